The standard InChI is InChI=1S/C25H32N6O3/c1-16(2)12-29-15-28-23-22(29)24(33)31(25(34)30(23)13-17(3)4)14-21(32)26-10-9-18-11-27-20-8-6-5-7-19(18)20/h5-8,11,15-17,27H,9-10,12-14H2,1-4H3,(H,26,32). The van der Waals surface area contributed by atoms with Gasteiger partial charge in [-0.05, 0) is 29.9 Å². The zero-order chi connectivity index (χ0) is 24.4. The molecule has 0 aliphatic carbocycles. The van der Waals surface area contributed by atoms with Gasteiger partial charge in [0, 0.05) is 36.7 Å². The van der Waals surface area contributed by atoms with Crippen LogP contribution in [-0.2, 0) is 30.8 Å². The maximum absolute atomic E-state index is 13.3. The quantitative estimate of drug-likeness (QED) is 0.397. The molecule has 4 rings (SSSR count). The Morgan fingerprint density at radius 3 is 2.53 bits per heavy atom. The van der Waals surface area contributed by atoms with E-state index in [1.165, 1.54) is 4.57 Å². The zero-order valence-electron chi connectivity index (χ0n) is 20.2. The van der Waals surface area contributed by atoms with Crippen molar-refractivity contribution in [3.63, 3.8) is 0 Å². The predicted molar refractivity (Wildman–Crippen MR) is 133 cm³/mol. The molecule has 0 spiro atoms. The molecule has 3 heterocycles. The molecule has 9 nitrogen and oxygen atoms in total. The van der Waals surface area contributed by atoms with Crippen molar-refractivity contribution in [1.29, 1.82) is 0 Å². The third-order valence-electron chi connectivity index (χ3n) is 5.79. The highest BCUT2D eigenvalue weighted by molar-refractivity contribution is 5.83. The molecule has 0 unspecified atom stereocenters. The van der Waals surface area contributed by atoms with Gasteiger partial charge < -0.3 is 14.9 Å². The molecular weight excluding hydrogens is 432 g/mol. The van der Waals surface area contributed by atoms with Gasteiger partial charge in [0.1, 0.15) is 6.54 Å². The van der Waals surface area contributed by atoms with Gasteiger partial charge in [-0.15, -0.1) is 0 Å². The molecule has 0 atom stereocenters. The van der Waals surface area contributed by atoms with Crippen molar-refractivity contribution in [2.24, 2.45) is 11.8 Å². The average Bonchev–Trinajstić information content (AvgIpc) is 3.38. The molecule has 0 aliphatic heterocycles. The highest BCUT2D eigenvalue weighted by Gasteiger charge is 2.20. The number of nitrogens with zero attached hydrogens (tertiary/aromatic N) is 4. The number of hydrogen-bond acceptors (Lipinski definition) is 4. The first-order chi connectivity index (χ1) is 16.3. The molecule has 0 fully saturated rings. The summed E-state index contributed by atoms with van der Waals surface area (Å²) in [6, 6.07) is 7.99. The van der Waals surface area contributed by atoms with Gasteiger partial charge in [0.15, 0.2) is 11.2 Å². The summed E-state index contributed by atoms with van der Waals surface area (Å²) in [6.07, 6.45) is 4.19. The van der Waals surface area contributed by atoms with Crippen LogP contribution in [0.1, 0.15) is 33.3 Å². The number of aromatic nitrogens is 5. The summed E-state index contributed by atoms with van der Waals surface area (Å²) < 4.78 is 4.33. The number of carbonyl (C=O) groups excluding carboxylic acids is 1. The first-order valence-corrected chi connectivity index (χ1v) is 11.8. The SMILES string of the molecule is CC(C)Cn1cnc2c1c(=O)n(CC(=O)NCCc1c[nH]c3ccccc13)c(=O)n2CC(C)C. The zero-order valence-corrected chi connectivity index (χ0v) is 20.2. The van der Waals surface area contributed by atoms with Crippen molar-refractivity contribution in [3.05, 3.63) is 63.2 Å². The van der Waals surface area contributed by atoms with E-state index in [2.05, 4.69) is 29.1 Å². The van der Waals surface area contributed by atoms with Crippen LogP contribution in [0.25, 0.3) is 22.1 Å². The third-order valence-corrected chi connectivity index (χ3v) is 5.79. The summed E-state index contributed by atoms with van der Waals surface area (Å²) in [7, 11) is 0. The number of nitrogens with one attached hydrogen (secondary N) is 2. The molecule has 3 aromatic heterocycles. The van der Waals surface area contributed by atoms with E-state index in [4.69, 9.17) is 0 Å². The molecule has 0 radical (unpaired) electrons. The Morgan fingerprint density at radius 1 is 1.06 bits per heavy atom. The van der Waals surface area contributed by atoms with Crippen molar-refractivity contribution in [3.8, 4) is 0 Å². The summed E-state index contributed by atoms with van der Waals surface area (Å²) in [6.45, 7) is 9.19. The molecule has 34 heavy (non-hydrogen) atoms. The van der Waals surface area contributed by atoms with Crippen molar-refractivity contribution in [1.82, 2.24) is 29.0 Å². The van der Waals surface area contributed by atoms with E-state index in [0.717, 1.165) is 21.0 Å². The molecule has 9 heteroatoms. The Labute approximate surface area is 197 Å². The Bertz CT molecular complexity index is 1440. The number of hydrogen-bond donors (Lipinski definition) is 2. The molecule has 0 bridgehead atoms. The van der Waals surface area contributed by atoms with E-state index in [1.807, 2.05) is 44.3 Å². The van der Waals surface area contributed by atoms with Crippen molar-refractivity contribution in [2.75, 3.05) is 6.54 Å². The van der Waals surface area contributed by atoms with Gasteiger partial charge in [-0.3, -0.25) is 14.2 Å². The Hall–Kier alpha value is -3.62. The molecule has 4 aromatic rings. The van der Waals surface area contributed by atoms with Crippen LogP contribution in [0, 0.1) is 11.8 Å². The first-order valence-electron chi connectivity index (χ1n) is 11.8. The molecule has 0 saturated heterocycles. The first kappa shape index (κ1) is 23.5. The topological polar surface area (TPSA) is 107 Å². The van der Waals surface area contributed by atoms with Crippen molar-refractivity contribution < 1.29 is 4.79 Å². The molecule has 0 saturated carbocycles. The molecule has 0 aliphatic rings. The number of aromatic amines is 1. The lowest BCUT2D eigenvalue weighted by Crippen LogP contribution is -2.45. The van der Waals surface area contributed by atoms with E-state index in [-0.39, 0.29) is 18.4 Å². The molecule has 2 N–H and O–H groups in total. The minimum atomic E-state index is -0.507. The van der Waals surface area contributed by atoms with Gasteiger partial charge in [0.25, 0.3) is 5.56 Å². The number of carbonyl (C=O) groups is 1. The van der Waals surface area contributed by atoms with Crippen LogP contribution in [0.5, 0.6) is 0 Å². The van der Waals surface area contributed by atoms with Gasteiger partial charge in [-0.1, -0.05) is 45.9 Å². The van der Waals surface area contributed by atoms with Crippen LogP contribution >= 0.6 is 0 Å². The number of amides is 1. The second kappa shape index (κ2) is 9.70. The molecule has 1 aromatic carbocycles. The maximum Gasteiger partial charge on any atom is 0.333 e. The number of benzene rings is 1. The van der Waals surface area contributed by atoms with Crippen LogP contribution in [0.2, 0.25) is 0 Å². The number of imidazole rings is 1. The Balaban J connectivity index is 1.58. The summed E-state index contributed by atoms with van der Waals surface area (Å²) in [5.74, 6) is 0.0973. The minimum absolute atomic E-state index is 0.173. The monoisotopic (exact) mass is 464 g/mol. The highest BCUT2D eigenvalue weighted by atomic mass is 16.2. The second-order valence-electron chi connectivity index (χ2n) is 9.60. The second-order valence-corrected chi connectivity index (χ2v) is 9.60. The Morgan fingerprint density at radius 2 is 1.79 bits per heavy atom. The minimum Gasteiger partial charge on any atom is -0.361 e. The van der Waals surface area contributed by atoms with E-state index < -0.39 is 11.2 Å². The van der Waals surface area contributed by atoms with Crippen LogP contribution in [0.3, 0.4) is 0 Å². The van der Waals surface area contributed by atoms with E-state index in [1.54, 1.807) is 10.9 Å². The van der Waals surface area contributed by atoms with E-state index >= 15 is 0 Å². The van der Waals surface area contributed by atoms with Gasteiger partial charge in [0.05, 0.1) is 6.33 Å². The van der Waals surface area contributed by atoms with Gasteiger partial charge >= 0.3 is 5.69 Å². The average molecular weight is 465 g/mol. The largest absolute Gasteiger partial charge is 0.361 e. The molecule has 180 valence electrons. The third kappa shape index (κ3) is 4.69. The van der Waals surface area contributed by atoms with E-state index in [9.17, 15) is 14.4 Å². The van der Waals surface area contributed by atoms with Crippen LogP contribution in [-0.4, -0.2) is 36.1 Å². The lowest BCUT2D eigenvalue weighted by atomic mass is 10.1. The van der Waals surface area contributed by atoms with Crippen molar-refractivity contribution >= 4 is 28.0 Å². The van der Waals surface area contributed by atoms with Gasteiger partial charge in [-0.25, -0.2) is 14.3 Å². The lowest BCUT2D eigenvalue weighted by molar-refractivity contribution is -0.121. The van der Waals surface area contributed by atoms with Crippen LogP contribution in [0.15, 0.2) is 46.4 Å². The summed E-state index contributed by atoms with van der Waals surface area (Å²) in [5.41, 5.74) is 1.90. The summed E-state index contributed by atoms with van der Waals surface area (Å²) in [5, 5.41) is 3.97. The van der Waals surface area contributed by atoms with E-state index in [0.29, 0.717) is 43.1 Å². The molecular formula is C25H32N6O3. The summed E-state index contributed by atoms with van der Waals surface area (Å²) >= 11 is 0. The maximum atomic E-state index is 13.3. The smallest absolute Gasteiger partial charge is 0.333 e. The summed E-state index contributed by atoms with van der Waals surface area (Å²) in [4.78, 5) is 46.8. The van der Waals surface area contributed by atoms with Gasteiger partial charge in [0.2, 0.25) is 5.91 Å². The number of para-hydroxylation sites is 1. The predicted octanol–water partition coefficient (Wildman–Crippen LogP) is 2.51. The highest BCUT2D eigenvalue weighted by Crippen LogP contribution is 2.17. The van der Waals surface area contributed by atoms with Crippen LogP contribution in [0.4, 0.5) is 0 Å². The number of fused-ring (bicyclic) bond motifs is 2. The normalized spacial score (nSPS) is 11.8. The number of H-pyrrole nitrogens is 1. The number of rotatable bonds is 9. The fraction of sp³-hybridized carbons (Fsp3) is 0.440. The Kier molecular flexibility index (Phi) is 6.72. The lowest BCUT2D eigenvalue weighted by Gasteiger charge is -2.14. The van der Waals surface area contributed by atoms with Gasteiger partial charge in [-0.2, -0.15) is 0 Å². The fourth-order valence-corrected chi connectivity index (χ4v) is 4.31. The fourth-order valence-electron chi connectivity index (χ4n) is 4.31. The van der Waals surface area contributed by atoms with Crippen LogP contribution < -0.4 is 16.6 Å². The molecule has 1 amide bonds. The van der Waals surface area contributed by atoms with Crippen molar-refractivity contribution in [2.45, 2.75) is 53.8 Å².